The summed E-state index contributed by atoms with van der Waals surface area (Å²) >= 11 is 0. The molecule has 25 heteroatoms. The maximum Gasteiger partial charge on any atom is 0.317 e. The summed E-state index contributed by atoms with van der Waals surface area (Å²) in [7, 11) is 4.12. The van der Waals surface area contributed by atoms with Crippen LogP contribution in [0.5, 0.6) is 0 Å². The van der Waals surface area contributed by atoms with E-state index in [9.17, 15) is 19.2 Å². The van der Waals surface area contributed by atoms with Crippen LogP contribution in [0.1, 0.15) is 41.0 Å². The maximum absolute atomic E-state index is 10.6. The molecule has 0 radical (unpaired) electrons. The van der Waals surface area contributed by atoms with Crippen LogP contribution >= 0.6 is 24.8 Å². The molecule has 0 aromatic rings. The lowest BCUT2D eigenvalue weighted by Crippen LogP contribution is -2.43. The predicted molar refractivity (Wildman–Crippen MR) is 198 cm³/mol. The average molecular weight is 821 g/mol. The Balaban J connectivity index is -0.0000000704. The predicted octanol–water partition coefficient (Wildman–Crippen LogP) is -0.828. The van der Waals surface area contributed by atoms with Crippen LogP contribution in [-0.2, 0) is 38.4 Å². The molecule has 0 unspecified atom stereocenters. The van der Waals surface area contributed by atoms with Crippen molar-refractivity contribution in [1.82, 2.24) is 14.7 Å². The number of hydrogen-bond donors (Lipinski definition) is 10. The lowest BCUT2D eigenvalue weighted by molar-refractivity contribution is -0.145. The van der Waals surface area contributed by atoms with Gasteiger partial charge in [0.05, 0.1) is 38.7 Å². The van der Waals surface area contributed by atoms with E-state index in [1.165, 1.54) is 0 Å². The van der Waals surface area contributed by atoms with Crippen molar-refractivity contribution in [2.24, 2.45) is 21.5 Å². The van der Waals surface area contributed by atoms with Gasteiger partial charge in [0.2, 0.25) is 0 Å². The van der Waals surface area contributed by atoms with E-state index in [1.807, 2.05) is 6.92 Å². The van der Waals surface area contributed by atoms with Gasteiger partial charge in [0.25, 0.3) is 23.9 Å². The van der Waals surface area contributed by atoms with Crippen molar-refractivity contribution in [1.29, 1.82) is 0 Å². The van der Waals surface area contributed by atoms with Gasteiger partial charge >= 0.3 is 23.9 Å². The van der Waals surface area contributed by atoms with E-state index >= 15 is 0 Å². The van der Waals surface area contributed by atoms with E-state index in [-0.39, 0.29) is 37.9 Å². The molecule has 0 spiro atoms. The Hall–Kier alpha value is -4.48. The number of carboxylic acid groups (broad SMARTS) is 8. The van der Waals surface area contributed by atoms with Gasteiger partial charge in [-0.2, -0.15) is 0 Å². The number of carboxylic acids is 8. The highest BCUT2D eigenvalue weighted by molar-refractivity contribution is 5.85. The zero-order chi connectivity index (χ0) is 42.0. The van der Waals surface area contributed by atoms with Gasteiger partial charge in [-0.05, 0) is 34.0 Å². The third-order valence-corrected chi connectivity index (χ3v) is 3.51. The van der Waals surface area contributed by atoms with E-state index in [0.717, 1.165) is 63.5 Å². The second kappa shape index (κ2) is 54.3. The standard InChI is InChI=1S/C10H16N2O8.C8H17N3.C2H8N2.4C2H4O2.2ClH/c13-7(14)3-11(4-8(15)16)1-2-12(5-9(17)18)6-10(19)20;1-4-9-8-10-6-5-7-11(2)3;3-1-2-4;4*1-2(3)4;;/h1-6H2,(H,13,14)(H,15,16)(H,17,18)(H,19,20);4-7H2,1-3H3;1-4H2;4*1H3,(H,3,4);2*1H. The molecule has 12 N–H and O–H groups in total. The molecule has 0 aromatic carbocycles. The fourth-order valence-electron chi connectivity index (χ4n) is 2.11. The van der Waals surface area contributed by atoms with Crippen LogP contribution in [0.3, 0.4) is 0 Å². The zero-order valence-corrected chi connectivity index (χ0v) is 32.7. The van der Waals surface area contributed by atoms with E-state index in [4.69, 9.17) is 71.5 Å². The summed E-state index contributed by atoms with van der Waals surface area (Å²) in [6.07, 6.45) is 1.08. The van der Waals surface area contributed by atoms with Crippen LogP contribution in [0.15, 0.2) is 9.98 Å². The highest BCUT2D eigenvalue weighted by Gasteiger charge is 2.18. The Labute approximate surface area is 320 Å². The molecule has 0 fully saturated rings. The SMILES string of the molecule is CC(=O)O.CC(=O)O.CC(=O)O.CC(=O)O.CCN=C=NCCCN(C)C.Cl.Cl.NCCN.O=C(O)CN(CCN(CC(=O)O)CC(=O)O)CC(=O)O. The van der Waals surface area contributed by atoms with E-state index in [0.29, 0.717) is 13.1 Å². The number of carbonyl (C=O) groups is 8. The van der Waals surface area contributed by atoms with Gasteiger partial charge in [0.15, 0.2) is 0 Å². The van der Waals surface area contributed by atoms with Gasteiger partial charge in [-0.15, -0.1) is 24.8 Å². The summed E-state index contributed by atoms with van der Waals surface area (Å²) in [5, 5.41) is 64.1. The summed E-state index contributed by atoms with van der Waals surface area (Å²) in [5.41, 5.74) is 9.81. The molecule has 0 rings (SSSR count). The highest BCUT2D eigenvalue weighted by atomic mass is 35.5. The van der Waals surface area contributed by atoms with Crippen molar-refractivity contribution in [2.75, 3.05) is 86.1 Å². The van der Waals surface area contributed by atoms with Crippen LogP contribution in [0.2, 0.25) is 0 Å². The van der Waals surface area contributed by atoms with Crippen molar-refractivity contribution < 1.29 is 79.2 Å². The van der Waals surface area contributed by atoms with Gasteiger partial charge < -0.3 is 57.2 Å². The molecular weight excluding hydrogens is 761 g/mol. The summed E-state index contributed by atoms with van der Waals surface area (Å²) < 4.78 is 0. The molecule has 53 heavy (non-hydrogen) atoms. The molecule has 23 nitrogen and oxygen atoms in total. The van der Waals surface area contributed by atoms with Crippen LogP contribution in [-0.4, -0.2) is 195 Å². The Morgan fingerprint density at radius 2 is 0.774 bits per heavy atom. The Morgan fingerprint density at radius 3 is 0.943 bits per heavy atom. The fraction of sp³-hybridized carbons (Fsp3) is 0.679. The number of aliphatic imine (C=N–C) groups is 2. The number of rotatable bonds is 17. The summed E-state index contributed by atoms with van der Waals surface area (Å²) in [6.45, 7) is 7.94. The average Bonchev–Trinajstić information content (AvgIpc) is 2.91. The number of halogens is 2. The summed E-state index contributed by atoms with van der Waals surface area (Å²) in [6, 6.07) is 2.64. The van der Waals surface area contributed by atoms with E-state index in [2.05, 4.69) is 35.0 Å². The van der Waals surface area contributed by atoms with Crippen molar-refractivity contribution in [3.63, 3.8) is 0 Å². The first-order valence-electron chi connectivity index (χ1n) is 14.5. The minimum Gasteiger partial charge on any atom is -0.481 e. The zero-order valence-electron chi connectivity index (χ0n) is 31.0. The first-order valence-corrected chi connectivity index (χ1v) is 14.5. The molecule has 0 saturated heterocycles. The third-order valence-electron chi connectivity index (χ3n) is 3.51. The molecule has 0 bridgehead atoms. The topological polar surface area (TPSA) is 385 Å². The van der Waals surface area contributed by atoms with E-state index in [1.54, 1.807) is 0 Å². The third kappa shape index (κ3) is 151. The Kier molecular flexibility index (Phi) is 71.9. The van der Waals surface area contributed by atoms with Gasteiger partial charge in [-0.1, -0.05) is 0 Å². The lowest BCUT2D eigenvalue weighted by atomic mass is 10.4. The van der Waals surface area contributed by atoms with Gasteiger partial charge in [0.1, 0.15) is 0 Å². The van der Waals surface area contributed by atoms with Crippen molar-refractivity contribution in [3.8, 4) is 0 Å². The minimum absolute atomic E-state index is 0. The molecular formula is C28H59Cl2N7O16. The van der Waals surface area contributed by atoms with Crippen LogP contribution in [0.25, 0.3) is 0 Å². The van der Waals surface area contributed by atoms with Crippen LogP contribution in [0.4, 0.5) is 0 Å². The Morgan fingerprint density at radius 1 is 0.528 bits per heavy atom. The first-order chi connectivity index (χ1) is 23.3. The molecule has 0 amide bonds. The molecule has 0 aliphatic heterocycles. The number of aliphatic carboxylic acids is 8. The van der Waals surface area contributed by atoms with Crippen LogP contribution in [0, 0.1) is 0 Å². The maximum atomic E-state index is 10.6. The normalized spacial score (nSPS) is 8.45. The largest absolute Gasteiger partial charge is 0.481 e. The molecule has 0 aliphatic rings. The first kappa shape index (κ1) is 70.2. The van der Waals surface area contributed by atoms with Gasteiger partial charge in [0, 0.05) is 60.4 Å². The summed E-state index contributed by atoms with van der Waals surface area (Å²) in [5.74, 6) is -8.24. The quantitative estimate of drug-likeness (QED) is 0.0632. The van der Waals surface area contributed by atoms with E-state index < -0.39 is 73.9 Å². The number of nitrogens with zero attached hydrogens (tertiary/aromatic N) is 5. The fourth-order valence-corrected chi connectivity index (χ4v) is 2.11. The molecule has 0 aromatic heterocycles. The smallest absolute Gasteiger partial charge is 0.317 e. The molecule has 0 aliphatic carbocycles. The minimum atomic E-state index is -1.23. The molecule has 0 heterocycles. The van der Waals surface area contributed by atoms with Gasteiger partial charge in [-0.3, -0.25) is 48.2 Å². The monoisotopic (exact) mass is 819 g/mol. The second-order valence-electron chi connectivity index (χ2n) is 9.26. The number of nitrogens with two attached hydrogens (primary N) is 2. The Bertz CT molecular complexity index is 899. The lowest BCUT2D eigenvalue weighted by Gasteiger charge is -2.23. The second-order valence-corrected chi connectivity index (χ2v) is 9.26. The molecule has 0 saturated carbocycles. The van der Waals surface area contributed by atoms with Crippen LogP contribution < -0.4 is 11.5 Å². The molecule has 316 valence electrons. The summed E-state index contributed by atoms with van der Waals surface area (Å²) in [4.78, 5) is 90.4. The van der Waals surface area contributed by atoms with Crippen molar-refractivity contribution in [3.05, 3.63) is 0 Å². The van der Waals surface area contributed by atoms with Crippen molar-refractivity contribution in [2.45, 2.75) is 41.0 Å². The number of hydrogen-bond acceptors (Lipinski definition) is 15. The molecule has 0 atom stereocenters. The van der Waals surface area contributed by atoms with Gasteiger partial charge in [-0.25, -0.2) is 9.98 Å². The highest BCUT2D eigenvalue weighted by Crippen LogP contribution is 1.94. The van der Waals surface area contributed by atoms with Crippen molar-refractivity contribution >= 4 is 78.6 Å².